The van der Waals surface area contributed by atoms with Gasteiger partial charge in [-0.25, -0.2) is 0 Å². The molecule has 1 saturated heterocycles. The van der Waals surface area contributed by atoms with Gasteiger partial charge in [0.15, 0.2) is 0 Å². The molecule has 1 aliphatic heterocycles. The molecule has 3 nitrogen and oxygen atoms in total. The second-order valence-corrected chi connectivity index (χ2v) is 4.05. The number of carbonyl (C=O) groups excluding carboxylic acids is 1. The van der Waals surface area contributed by atoms with Crippen LogP contribution in [0.25, 0.3) is 0 Å². The van der Waals surface area contributed by atoms with Crippen LogP contribution in [-0.2, 0) is 9.53 Å². The molecule has 0 bridgehead atoms. The maximum atomic E-state index is 11.4. The number of hydrogen-bond acceptors (Lipinski definition) is 3. The zero-order valence-corrected chi connectivity index (χ0v) is 9.29. The van der Waals surface area contributed by atoms with Crippen molar-refractivity contribution in [1.82, 2.24) is 4.90 Å². The van der Waals surface area contributed by atoms with Crippen LogP contribution in [-0.4, -0.2) is 36.6 Å². The van der Waals surface area contributed by atoms with Crippen LogP contribution >= 0.6 is 0 Å². The van der Waals surface area contributed by atoms with E-state index >= 15 is 0 Å². The second-order valence-electron chi connectivity index (χ2n) is 4.05. The molecule has 1 heterocycles. The van der Waals surface area contributed by atoms with Crippen molar-refractivity contribution in [3.63, 3.8) is 0 Å². The van der Waals surface area contributed by atoms with Crippen LogP contribution in [0.5, 0.6) is 0 Å². The van der Waals surface area contributed by atoms with Gasteiger partial charge in [0.05, 0.1) is 12.6 Å². The average Bonchev–Trinajstić information content (AvgIpc) is 2.19. The molecule has 0 radical (unpaired) electrons. The van der Waals surface area contributed by atoms with E-state index in [1.807, 2.05) is 13.8 Å². The number of ether oxygens (including phenoxy) is 1. The molecule has 0 aromatic carbocycles. The van der Waals surface area contributed by atoms with Crippen LogP contribution in [0.4, 0.5) is 0 Å². The Kier molecular flexibility index (Phi) is 4.94. The van der Waals surface area contributed by atoms with Gasteiger partial charge < -0.3 is 4.74 Å². The third kappa shape index (κ3) is 4.09. The molecule has 1 atom stereocenters. The minimum atomic E-state index is -0.0683. The van der Waals surface area contributed by atoms with Gasteiger partial charge in [-0.1, -0.05) is 13.3 Å². The first-order chi connectivity index (χ1) is 6.72. The smallest absolute Gasteiger partial charge is 0.320 e. The summed E-state index contributed by atoms with van der Waals surface area (Å²) in [4.78, 5) is 13.6. The summed E-state index contributed by atoms with van der Waals surface area (Å²) >= 11 is 0. The van der Waals surface area contributed by atoms with Crippen molar-refractivity contribution >= 4 is 5.97 Å². The van der Waals surface area contributed by atoms with Gasteiger partial charge in [0.2, 0.25) is 0 Å². The lowest BCUT2D eigenvalue weighted by atomic mass is 10.1. The van der Waals surface area contributed by atoms with Crippen LogP contribution in [0.15, 0.2) is 0 Å². The third-order valence-corrected chi connectivity index (χ3v) is 2.71. The van der Waals surface area contributed by atoms with Crippen molar-refractivity contribution < 1.29 is 9.53 Å². The highest BCUT2D eigenvalue weighted by Crippen LogP contribution is 2.08. The van der Waals surface area contributed by atoms with Gasteiger partial charge in [0.1, 0.15) is 0 Å². The predicted octanol–water partition coefficient (Wildman–Crippen LogP) is 1.81. The van der Waals surface area contributed by atoms with Crippen molar-refractivity contribution in [2.24, 2.45) is 0 Å². The van der Waals surface area contributed by atoms with Crippen molar-refractivity contribution in [2.75, 3.05) is 19.6 Å². The lowest BCUT2D eigenvalue weighted by molar-refractivity contribution is -0.149. The predicted molar refractivity (Wildman–Crippen MR) is 56.1 cm³/mol. The zero-order valence-electron chi connectivity index (χ0n) is 9.29. The first-order valence-corrected chi connectivity index (χ1v) is 5.64. The van der Waals surface area contributed by atoms with Gasteiger partial charge in [0.25, 0.3) is 0 Å². The van der Waals surface area contributed by atoms with Gasteiger partial charge in [-0.3, -0.25) is 9.69 Å². The largest absolute Gasteiger partial charge is 0.462 e. The van der Waals surface area contributed by atoms with E-state index in [4.69, 9.17) is 4.74 Å². The molecule has 3 heteroatoms. The molecule has 1 aliphatic rings. The molecule has 0 saturated carbocycles. The molecule has 1 rings (SSSR count). The van der Waals surface area contributed by atoms with E-state index in [2.05, 4.69) is 4.90 Å². The van der Waals surface area contributed by atoms with Crippen molar-refractivity contribution in [2.45, 2.75) is 45.6 Å². The minimum Gasteiger partial charge on any atom is -0.462 e. The summed E-state index contributed by atoms with van der Waals surface area (Å²) in [5.41, 5.74) is 0. The zero-order chi connectivity index (χ0) is 10.4. The van der Waals surface area contributed by atoms with Gasteiger partial charge in [-0.2, -0.15) is 0 Å². The van der Waals surface area contributed by atoms with E-state index in [-0.39, 0.29) is 12.1 Å². The molecular formula is C11H21NO2. The number of carbonyl (C=O) groups is 1. The fourth-order valence-corrected chi connectivity index (χ4v) is 1.65. The average molecular weight is 199 g/mol. The molecule has 0 amide bonds. The molecule has 0 aliphatic carbocycles. The normalized spacial score (nSPS) is 20.4. The number of nitrogens with zero attached hydrogens (tertiary/aromatic N) is 1. The summed E-state index contributed by atoms with van der Waals surface area (Å²) in [7, 11) is 0. The van der Waals surface area contributed by atoms with Gasteiger partial charge in [-0.15, -0.1) is 0 Å². The molecule has 82 valence electrons. The molecule has 14 heavy (non-hydrogen) atoms. The molecule has 0 spiro atoms. The number of esters is 1. The van der Waals surface area contributed by atoms with Crippen LogP contribution in [0.3, 0.4) is 0 Å². The highest BCUT2D eigenvalue weighted by molar-refractivity contribution is 5.71. The Labute approximate surface area is 86.4 Å². The molecule has 0 aromatic rings. The summed E-state index contributed by atoms with van der Waals surface area (Å²) in [6, 6.07) is 0. The summed E-state index contributed by atoms with van der Waals surface area (Å²) < 4.78 is 5.22. The Morgan fingerprint density at radius 3 is 2.57 bits per heavy atom. The Bertz CT molecular complexity index is 176. The summed E-state index contributed by atoms with van der Waals surface area (Å²) in [5.74, 6) is -0.0683. The number of rotatable bonds is 4. The van der Waals surface area contributed by atoms with E-state index in [1.54, 1.807) is 0 Å². The molecule has 1 fully saturated rings. The van der Waals surface area contributed by atoms with E-state index in [1.165, 1.54) is 19.3 Å². The van der Waals surface area contributed by atoms with Crippen LogP contribution in [0, 0.1) is 0 Å². The number of likely N-dealkylation sites (tertiary alicyclic amines) is 1. The highest BCUT2D eigenvalue weighted by atomic mass is 16.5. The second kappa shape index (κ2) is 6.02. The topological polar surface area (TPSA) is 29.5 Å². The van der Waals surface area contributed by atoms with E-state index in [0.717, 1.165) is 19.5 Å². The first kappa shape index (κ1) is 11.5. The lowest BCUT2D eigenvalue weighted by Gasteiger charge is -2.25. The summed E-state index contributed by atoms with van der Waals surface area (Å²) in [5, 5.41) is 0. The lowest BCUT2D eigenvalue weighted by Crippen LogP contribution is -2.36. The quantitative estimate of drug-likeness (QED) is 0.647. The standard InChI is InChI=1S/C11H21NO2/c1-3-10(2)14-11(13)9-12-7-5-4-6-8-12/h10H,3-9H2,1-2H3. The Hall–Kier alpha value is -0.570. The molecule has 1 unspecified atom stereocenters. The third-order valence-electron chi connectivity index (χ3n) is 2.71. The van der Waals surface area contributed by atoms with Gasteiger partial charge >= 0.3 is 5.97 Å². The summed E-state index contributed by atoms with van der Waals surface area (Å²) in [6.45, 7) is 6.54. The van der Waals surface area contributed by atoms with E-state index < -0.39 is 0 Å². The van der Waals surface area contributed by atoms with Crippen molar-refractivity contribution in [3.05, 3.63) is 0 Å². The molecule has 0 aromatic heterocycles. The first-order valence-electron chi connectivity index (χ1n) is 5.64. The SMILES string of the molecule is CCC(C)OC(=O)CN1CCCCC1. The molecular weight excluding hydrogens is 178 g/mol. The fraction of sp³-hybridized carbons (Fsp3) is 0.909. The monoisotopic (exact) mass is 199 g/mol. The Morgan fingerprint density at radius 1 is 1.36 bits per heavy atom. The number of piperidine rings is 1. The van der Waals surface area contributed by atoms with Crippen LogP contribution in [0.1, 0.15) is 39.5 Å². The minimum absolute atomic E-state index is 0.0623. The Balaban J connectivity index is 2.18. The summed E-state index contributed by atoms with van der Waals surface area (Å²) in [6.07, 6.45) is 4.70. The van der Waals surface area contributed by atoms with Crippen LogP contribution in [0.2, 0.25) is 0 Å². The number of hydrogen-bond donors (Lipinski definition) is 0. The van der Waals surface area contributed by atoms with E-state index in [9.17, 15) is 4.79 Å². The maximum Gasteiger partial charge on any atom is 0.320 e. The Morgan fingerprint density at radius 2 is 2.00 bits per heavy atom. The van der Waals surface area contributed by atoms with Gasteiger partial charge in [0, 0.05) is 0 Å². The fourth-order valence-electron chi connectivity index (χ4n) is 1.65. The highest BCUT2D eigenvalue weighted by Gasteiger charge is 2.15. The van der Waals surface area contributed by atoms with Crippen LogP contribution < -0.4 is 0 Å². The van der Waals surface area contributed by atoms with E-state index in [0.29, 0.717) is 6.54 Å². The van der Waals surface area contributed by atoms with Crippen molar-refractivity contribution in [3.8, 4) is 0 Å². The molecule has 0 N–H and O–H groups in total. The van der Waals surface area contributed by atoms with Gasteiger partial charge in [-0.05, 0) is 39.3 Å². The van der Waals surface area contributed by atoms with Crippen molar-refractivity contribution in [1.29, 1.82) is 0 Å². The maximum absolute atomic E-state index is 11.4.